The van der Waals surface area contributed by atoms with E-state index in [1.54, 1.807) is 11.3 Å². The maximum Gasteiger partial charge on any atom is 0.226 e. The zero-order valence-electron chi connectivity index (χ0n) is 16.1. The molecular formula is C23H26N2OS. The summed E-state index contributed by atoms with van der Waals surface area (Å²) in [6.07, 6.45) is 0.322. The van der Waals surface area contributed by atoms with Gasteiger partial charge in [0.1, 0.15) is 0 Å². The molecule has 1 amide bonds. The number of carbonyl (C=O) groups is 1. The van der Waals surface area contributed by atoms with Crippen LogP contribution in [0.25, 0.3) is 0 Å². The molecule has 1 heterocycles. The maximum absolute atomic E-state index is 12.6. The van der Waals surface area contributed by atoms with Crippen LogP contribution >= 0.6 is 11.3 Å². The van der Waals surface area contributed by atoms with Crippen LogP contribution in [0.2, 0.25) is 0 Å². The molecule has 3 rings (SSSR count). The number of hydrogen-bond acceptors (Lipinski definition) is 3. The summed E-state index contributed by atoms with van der Waals surface area (Å²) < 4.78 is 0. The summed E-state index contributed by atoms with van der Waals surface area (Å²) in [5, 5.41) is 6.20. The summed E-state index contributed by atoms with van der Waals surface area (Å²) in [5.41, 5.74) is 2.94. The molecule has 0 spiro atoms. The lowest BCUT2D eigenvalue weighted by Crippen LogP contribution is -2.40. The molecule has 0 unspecified atom stereocenters. The average molecular weight is 379 g/mol. The Bertz CT molecular complexity index is 832. The van der Waals surface area contributed by atoms with Gasteiger partial charge in [0.25, 0.3) is 0 Å². The predicted octanol–water partition coefficient (Wildman–Crippen LogP) is 4.93. The van der Waals surface area contributed by atoms with E-state index in [1.807, 2.05) is 41.8 Å². The minimum Gasteiger partial charge on any atom is -0.355 e. The Kier molecular flexibility index (Phi) is 6.07. The third-order valence-electron chi connectivity index (χ3n) is 4.87. The fourth-order valence-corrected chi connectivity index (χ4v) is 3.99. The molecule has 0 aliphatic rings. The van der Waals surface area contributed by atoms with Crippen molar-refractivity contribution in [1.29, 1.82) is 0 Å². The molecule has 0 radical (unpaired) electrons. The van der Waals surface area contributed by atoms with Gasteiger partial charge in [0, 0.05) is 23.3 Å². The van der Waals surface area contributed by atoms with Crippen molar-refractivity contribution in [2.75, 3.05) is 6.54 Å². The minimum absolute atomic E-state index is 0.00805. The summed E-state index contributed by atoms with van der Waals surface area (Å²) in [5.74, 6) is 0.403. The Labute approximate surface area is 165 Å². The highest BCUT2D eigenvalue weighted by Gasteiger charge is 2.29. The third-order valence-corrected chi connectivity index (χ3v) is 6.06. The maximum atomic E-state index is 12.6. The Hall–Kier alpha value is -2.46. The van der Waals surface area contributed by atoms with Crippen molar-refractivity contribution >= 4 is 17.2 Å². The van der Waals surface area contributed by atoms with E-state index in [9.17, 15) is 4.79 Å². The average Bonchev–Trinajstić information content (AvgIpc) is 3.16. The topological polar surface area (TPSA) is 42.0 Å². The van der Waals surface area contributed by atoms with Gasteiger partial charge in [0.2, 0.25) is 5.91 Å². The molecule has 3 aromatic rings. The van der Waals surface area contributed by atoms with Gasteiger partial charge in [0.15, 0.2) is 0 Å². The van der Waals surface area contributed by atoms with Crippen LogP contribution in [-0.2, 0) is 16.6 Å². The zero-order chi connectivity index (χ0) is 19.3. The van der Waals surface area contributed by atoms with E-state index < -0.39 is 0 Å². The SMILES string of the molecule is CC(C)c1nc(CC(=O)NCC(C)(c2ccccc2)c2ccccc2)cs1. The number of nitrogens with one attached hydrogen (secondary N) is 1. The first-order valence-electron chi connectivity index (χ1n) is 9.31. The fourth-order valence-electron chi connectivity index (χ4n) is 3.15. The van der Waals surface area contributed by atoms with Gasteiger partial charge in [0.05, 0.1) is 17.1 Å². The Morgan fingerprint density at radius 1 is 1.04 bits per heavy atom. The standard InChI is InChI=1S/C23H26N2OS/c1-17(2)22-25-20(15-27-22)14-21(26)24-16-23(3,18-10-6-4-7-11-18)19-12-8-5-9-13-19/h4-13,15,17H,14,16H2,1-3H3,(H,24,26). The zero-order valence-corrected chi connectivity index (χ0v) is 16.9. The van der Waals surface area contributed by atoms with Gasteiger partial charge in [-0.15, -0.1) is 11.3 Å². The predicted molar refractivity (Wildman–Crippen MR) is 112 cm³/mol. The van der Waals surface area contributed by atoms with Crippen LogP contribution in [0.4, 0.5) is 0 Å². The lowest BCUT2D eigenvalue weighted by Gasteiger charge is -2.31. The molecule has 1 N–H and O–H groups in total. The largest absolute Gasteiger partial charge is 0.355 e. The lowest BCUT2D eigenvalue weighted by molar-refractivity contribution is -0.120. The molecule has 4 heteroatoms. The van der Waals surface area contributed by atoms with E-state index in [0.717, 1.165) is 10.7 Å². The molecule has 0 aliphatic carbocycles. The molecule has 0 aliphatic heterocycles. The van der Waals surface area contributed by atoms with Gasteiger partial charge in [-0.3, -0.25) is 4.79 Å². The third kappa shape index (κ3) is 4.64. The number of aromatic nitrogens is 1. The fraction of sp³-hybridized carbons (Fsp3) is 0.304. The number of nitrogens with zero attached hydrogens (tertiary/aromatic N) is 1. The highest BCUT2D eigenvalue weighted by Crippen LogP contribution is 2.31. The van der Waals surface area contributed by atoms with Gasteiger partial charge in [-0.05, 0) is 18.1 Å². The van der Waals surface area contributed by atoms with Crippen molar-refractivity contribution in [3.63, 3.8) is 0 Å². The van der Waals surface area contributed by atoms with Crippen LogP contribution in [-0.4, -0.2) is 17.4 Å². The quantitative estimate of drug-likeness (QED) is 0.633. The molecule has 0 saturated heterocycles. The Balaban J connectivity index is 1.74. The van der Waals surface area contributed by atoms with Crippen molar-refractivity contribution in [2.45, 2.75) is 38.5 Å². The van der Waals surface area contributed by atoms with Gasteiger partial charge in [-0.1, -0.05) is 74.5 Å². The number of hydrogen-bond donors (Lipinski definition) is 1. The van der Waals surface area contributed by atoms with Gasteiger partial charge in [-0.2, -0.15) is 0 Å². The van der Waals surface area contributed by atoms with E-state index in [2.05, 4.69) is 55.3 Å². The second-order valence-electron chi connectivity index (χ2n) is 7.35. The molecule has 0 bridgehead atoms. The first-order valence-corrected chi connectivity index (χ1v) is 10.2. The van der Waals surface area contributed by atoms with Crippen LogP contribution in [0.1, 0.15) is 48.5 Å². The van der Waals surface area contributed by atoms with Crippen LogP contribution in [0.5, 0.6) is 0 Å². The number of thiazole rings is 1. The molecule has 1 aromatic heterocycles. The summed E-state index contributed by atoms with van der Waals surface area (Å²) in [6, 6.07) is 20.7. The van der Waals surface area contributed by atoms with Crippen molar-refractivity contribution in [3.05, 3.63) is 87.9 Å². The van der Waals surface area contributed by atoms with Gasteiger partial charge >= 0.3 is 0 Å². The number of benzene rings is 2. The highest BCUT2D eigenvalue weighted by atomic mass is 32.1. The van der Waals surface area contributed by atoms with E-state index in [4.69, 9.17) is 0 Å². The van der Waals surface area contributed by atoms with Crippen LogP contribution in [0, 0.1) is 0 Å². The summed E-state index contributed by atoms with van der Waals surface area (Å²) in [4.78, 5) is 17.1. The normalized spacial score (nSPS) is 11.6. The molecule has 0 saturated carbocycles. The van der Waals surface area contributed by atoms with Crippen molar-refractivity contribution in [3.8, 4) is 0 Å². The van der Waals surface area contributed by atoms with Crippen molar-refractivity contribution in [2.24, 2.45) is 0 Å². The van der Waals surface area contributed by atoms with Crippen molar-refractivity contribution in [1.82, 2.24) is 10.3 Å². The molecule has 0 fully saturated rings. The van der Waals surface area contributed by atoms with E-state index in [0.29, 0.717) is 18.9 Å². The summed E-state index contributed by atoms with van der Waals surface area (Å²) >= 11 is 1.63. The number of carbonyl (C=O) groups excluding carboxylic acids is 1. The molecular weight excluding hydrogens is 352 g/mol. The minimum atomic E-state index is -0.288. The summed E-state index contributed by atoms with van der Waals surface area (Å²) in [7, 11) is 0. The Morgan fingerprint density at radius 3 is 2.07 bits per heavy atom. The molecule has 3 nitrogen and oxygen atoms in total. The highest BCUT2D eigenvalue weighted by molar-refractivity contribution is 7.09. The molecule has 27 heavy (non-hydrogen) atoms. The van der Waals surface area contributed by atoms with Crippen molar-refractivity contribution < 1.29 is 4.79 Å². The first-order chi connectivity index (χ1) is 13.0. The second kappa shape index (κ2) is 8.49. The van der Waals surface area contributed by atoms with Crippen LogP contribution in [0.3, 0.4) is 0 Å². The van der Waals surface area contributed by atoms with Crippen LogP contribution in [0.15, 0.2) is 66.0 Å². The Morgan fingerprint density at radius 2 is 1.59 bits per heavy atom. The van der Waals surface area contributed by atoms with E-state index >= 15 is 0 Å². The van der Waals surface area contributed by atoms with Crippen LogP contribution < -0.4 is 5.32 Å². The van der Waals surface area contributed by atoms with E-state index in [1.165, 1.54) is 11.1 Å². The number of amides is 1. The molecule has 2 aromatic carbocycles. The summed E-state index contributed by atoms with van der Waals surface area (Å²) in [6.45, 7) is 6.96. The monoisotopic (exact) mass is 378 g/mol. The molecule has 140 valence electrons. The lowest BCUT2D eigenvalue weighted by atomic mass is 9.76. The van der Waals surface area contributed by atoms with Gasteiger partial charge < -0.3 is 5.32 Å². The smallest absolute Gasteiger partial charge is 0.226 e. The second-order valence-corrected chi connectivity index (χ2v) is 8.24. The number of rotatable bonds is 7. The molecule has 0 atom stereocenters. The van der Waals surface area contributed by atoms with E-state index in [-0.39, 0.29) is 11.3 Å². The first kappa shape index (κ1) is 19.3. The van der Waals surface area contributed by atoms with Gasteiger partial charge in [-0.25, -0.2) is 4.98 Å².